The molecule has 0 heterocycles. The van der Waals surface area contributed by atoms with Gasteiger partial charge in [0.2, 0.25) is 0 Å². The summed E-state index contributed by atoms with van der Waals surface area (Å²) in [6.07, 6.45) is -0.673. The quantitative estimate of drug-likeness (QED) is 0.837. The van der Waals surface area contributed by atoms with Crippen molar-refractivity contribution in [1.82, 2.24) is 0 Å². The number of carbonyl (C=O) groups excluding carboxylic acids is 1. The highest BCUT2D eigenvalue weighted by atomic mass is 19.1. The Hall–Kier alpha value is -1.95. The lowest BCUT2D eigenvalue weighted by Crippen LogP contribution is -2.26. The molecule has 5 nitrogen and oxygen atoms in total. The van der Waals surface area contributed by atoms with Gasteiger partial charge in [-0.2, -0.15) is 0 Å². The normalized spacial score (nSPS) is 11.9. The summed E-state index contributed by atoms with van der Waals surface area (Å²) < 4.78 is 17.8. The number of carboxylic acids is 1. The number of benzene rings is 1. The second-order valence-corrected chi connectivity index (χ2v) is 3.37. The zero-order valence-electron chi connectivity index (χ0n) is 9.36. The van der Waals surface area contributed by atoms with Crippen LogP contribution >= 0.6 is 0 Å². The monoisotopic (exact) mass is 241 g/mol. The van der Waals surface area contributed by atoms with E-state index in [1.165, 1.54) is 20.1 Å². The molecule has 0 saturated heterocycles. The second kappa shape index (κ2) is 5.40. The Labute approximate surface area is 97.2 Å². The van der Waals surface area contributed by atoms with Gasteiger partial charge < -0.3 is 15.2 Å². The summed E-state index contributed by atoms with van der Waals surface area (Å²) in [4.78, 5) is 22.1. The zero-order chi connectivity index (χ0) is 13.0. The number of carboxylic acid groups (broad SMARTS) is 1. The van der Waals surface area contributed by atoms with Crippen LogP contribution in [0.2, 0.25) is 0 Å². The van der Waals surface area contributed by atoms with Crippen LogP contribution in [-0.2, 0) is 9.53 Å². The lowest BCUT2D eigenvalue weighted by Gasteiger charge is -2.10. The van der Waals surface area contributed by atoms with E-state index in [0.717, 1.165) is 12.1 Å². The fraction of sp³-hybridized carbons (Fsp3) is 0.273. The molecule has 17 heavy (non-hydrogen) atoms. The van der Waals surface area contributed by atoms with Gasteiger partial charge in [0.05, 0.1) is 5.56 Å². The lowest BCUT2D eigenvalue weighted by atomic mass is 10.2. The highest BCUT2D eigenvalue weighted by Crippen LogP contribution is 2.15. The highest BCUT2D eigenvalue weighted by molar-refractivity contribution is 5.96. The molecule has 0 aliphatic heterocycles. The van der Waals surface area contributed by atoms with Gasteiger partial charge in [0.1, 0.15) is 11.9 Å². The molecule has 1 aromatic rings. The van der Waals surface area contributed by atoms with Gasteiger partial charge in [0.15, 0.2) is 0 Å². The number of carbonyl (C=O) groups is 2. The molecule has 0 aromatic heterocycles. The van der Waals surface area contributed by atoms with E-state index in [2.05, 4.69) is 5.32 Å². The summed E-state index contributed by atoms with van der Waals surface area (Å²) in [6.45, 7) is 1.54. The number of ether oxygens (including phenoxy) is 1. The summed E-state index contributed by atoms with van der Waals surface area (Å²) in [5, 5.41) is 11.1. The molecule has 0 radical (unpaired) electrons. The smallest absolute Gasteiger partial charge is 0.338 e. The number of methoxy groups -OCH3 is 1. The molecular formula is C11H12FNO4. The van der Waals surface area contributed by atoms with Crippen molar-refractivity contribution in [3.63, 3.8) is 0 Å². The topological polar surface area (TPSA) is 75.6 Å². The van der Waals surface area contributed by atoms with Crippen molar-refractivity contribution in [3.8, 4) is 0 Å². The molecule has 0 aliphatic rings. The minimum atomic E-state index is -1.39. The van der Waals surface area contributed by atoms with Crippen LogP contribution in [0, 0.1) is 5.82 Å². The van der Waals surface area contributed by atoms with E-state index in [-0.39, 0.29) is 5.69 Å². The average molecular weight is 241 g/mol. The Morgan fingerprint density at radius 2 is 2.12 bits per heavy atom. The Balaban J connectivity index is 2.90. The Kier molecular flexibility index (Phi) is 4.17. The van der Waals surface area contributed by atoms with Crippen molar-refractivity contribution in [2.24, 2.45) is 0 Å². The van der Waals surface area contributed by atoms with E-state index in [9.17, 15) is 14.0 Å². The van der Waals surface area contributed by atoms with Crippen LogP contribution in [-0.4, -0.2) is 30.2 Å². The molecule has 1 aromatic carbocycles. The third kappa shape index (κ3) is 3.25. The molecule has 2 N–H and O–H groups in total. The molecule has 0 fully saturated rings. The van der Waals surface area contributed by atoms with E-state index in [1.807, 2.05) is 0 Å². The molecule has 1 amide bonds. The predicted octanol–water partition coefficient (Wildman–Crippen LogP) is 1.50. The SMILES string of the molecule is COC(C)C(=O)Nc1ccc(F)c(C(=O)O)c1. The van der Waals surface area contributed by atoms with Crippen LogP contribution in [0.4, 0.5) is 10.1 Å². The van der Waals surface area contributed by atoms with E-state index >= 15 is 0 Å². The maximum Gasteiger partial charge on any atom is 0.338 e. The Morgan fingerprint density at radius 1 is 1.47 bits per heavy atom. The van der Waals surface area contributed by atoms with Gasteiger partial charge in [0, 0.05) is 12.8 Å². The van der Waals surface area contributed by atoms with Crippen LogP contribution in [0.15, 0.2) is 18.2 Å². The summed E-state index contributed by atoms with van der Waals surface area (Å²) in [5.74, 6) is -2.68. The number of hydrogen-bond donors (Lipinski definition) is 2. The van der Waals surface area contributed by atoms with E-state index in [1.54, 1.807) is 0 Å². The third-order valence-corrected chi connectivity index (χ3v) is 2.19. The third-order valence-electron chi connectivity index (χ3n) is 2.19. The maximum absolute atomic E-state index is 13.1. The molecule has 92 valence electrons. The van der Waals surface area contributed by atoms with Crippen molar-refractivity contribution in [3.05, 3.63) is 29.6 Å². The number of amides is 1. The molecule has 0 saturated carbocycles. The standard InChI is InChI=1S/C11H12FNO4/c1-6(17-2)10(14)13-7-3-4-9(12)8(5-7)11(15)16/h3-6H,1-2H3,(H,13,14)(H,15,16). The number of rotatable bonds is 4. The number of halogens is 1. The molecule has 1 unspecified atom stereocenters. The van der Waals surface area contributed by atoms with Crippen LogP contribution in [0.25, 0.3) is 0 Å². The minimum Gasteiger partial charge on any atom is -0.478 e. The minimum absolute atomic E-state index is 0.206. The van der Waals surface area contributed by atoms with Gasteiger partial charge in [-0.05, 0) is 25.1 Å². The van der Waals surface area contributed by atoms with Gasteiger partial charge >= 0.3 is 5.97 Å². The average Bonchev–Trinajstić information content (AvgIpc) is 2.30. The first-order valence-electron chi connectivity index (χ1n) is 4.82. The number of anilines is 1. The summed E-state index contributed by atoms with van der Waals surface area (Å²) in [6, 6.07) is 3.32. The van der Waals surface area contributed by atoms with E-state index < -0.39 is 29.4 Å². The van der Waals surface area contributed by atoms with Crippen LogP contribution in [0.5, 0.6) is 0 Å². The Morgan fingerprint density at radius 3 is 2.65 bits per heavy atom. The molecule has 0 bridgehead atoms. The maximum atomic E-state index is 13.1. The van der Waals surface area contributed by atoms with Crippen LogP contribution < -0.4 is 5.32 Å². The van der Waals surface area contributed by atoms with Gasteiger partial charge in [-0.25, -0.2) is 9.18 Å². The van der Waals surface area contributed by atoms with Gasteiger partial charge in [-0.15, -0.1) is 0 Å². The zero-order valence-corrected chi connectivity index (χ0v) is 9.36. The Bertz CT molecular complexity index is 447. The molecule has 1 atom stereocenters. The fourth-order valence-corrected chi connectivity index (χ4v) is 1.12. The molecule has 0 spiro atoms. The van der Waals surface area contributed by atoms with Crippen LogP contribution in [0.1, 0.15) is 17.3 Å². The molecule has 1 rings (SSSR count). The number of nitrogens with one attached hydrogen (secondary N) is 1. The lowest BCUT2D eigenvalue weighted by molar-refractivity contribution is -0.124. The predicted molar refractivity (Wildman–Crippen MR) is 58.5 cm³/mol. The van der Waals surface area contributed by atoms with E-state index in [4.69, 9.17) is 9.84 Å². The van der Waals surface area contributed by atoms with Crippen molar-refractivity contribution in [2.75, 3.05) is 12.4 Å². The molecular weight excluding hydrogens is 229 g/mol. The number of hydrogen-bond acceptors (Lipinski definition) is 3. The van der Waals surface area contributed by atoms with Gasteiger partial charge in [-0.3, -0.25) is 4.79 Å². The van der Waals surface area contributed by atoms with Crippen LogP contribution in [0.3, 0.4) is 0 Å². The number of aromatic carboxylic acids is 1. The van der Waals surface area contributed by atoms with E-state index in [0.29, 0.717) is 0 Å². The van der Waals surface area contributed by atoms with Gasteiger partial charge in [-0.1, -0.05) is 0 Å². The first kappa shape index (κ1) is 13.1. The molecule has 6 heteroatoms. The summed E-state index contributed by atoms with van der Waals surface area (Å²) >= 11 is 0. The van der Waals surface area contributed by atoms with Crippen molar-refractivity contribution in [2.45, 2.75) is 13.0 Å². The highest BCUT2D eigenvalue weighted by Gasteiger charge is 2.14. The first-order chi connectivity index (χ1) is 7.95. The van der Waals surface area contributed by atoms with Crippen molar-refractivity contribution >= 4 is 17.6 Å². The van der Waals surface area contributed by atoms with Crippen molar-refractivity contribution < 1.29 is 23.8 Å². The van der Waals surface area contributed by atoms with Crippen molar-refractivity contribution in [1.29, 1.82) is 0 Å². The summed E-state index contributed by atoms with van der Waals surface area (Å²) in [5.41, 5.74) is -0.287. The largest absolute Gasteiger partial charge is 0.478 e. The first-order valence-corrected chi connectivity index (χ1v) is 4.82. The van der Waals surface area contributed by atoms with Gasteiger partial charge in [0.25, 0.3) is 5.91 Å². The summed E-state index contributed by atoms with van der Waals surface area (Å²) in [7, 11) is 1.37. The fourth-order valence-electron chi connectivity index (χ4n) is 1.12. The molecule has 0 aliphatic carbocycles. The second-order valence-electron chi connectivity index (χ2n) is 3.37.